The number of hydrogen-bond donors (Lipinski definition) is 1. The van der Waals surface area contributed by atoms with Gasteiger partial charge in [0.05, 0.1) is 10.6 Å². The summed E-state index contributed by atoms with van der Waals surface area (Å²) in [6, 6.07) is 7.28. The number of piperidine rings is 1. The fourth-order valence-electron chi connectivity index (χ4n) is 2.51. The van der Waals surface area contributed by atoms with Gasteiger partial charge >= 0.3 is 0 Å². The molecule has 1 aromatic carbocycles. The molecular weight excluding hydrogens is 250 g/mol. The van der Waals surface area contributed by atoms with E-state index in [0.29, 0.717) is 17.0 Å². The minimum absolute atomic E-state index is 0.0150. The summed E-state index contributed by atoms with van der Waals surface area (Å²) >= 11 is 6.07. The van der Waals surface area contributed by atoms with Crippen LogP contribution in [0.5, 0.6) is 0 Å². The number of carbonyl (C=O) groups excluding carboxylic acids is 1. The van der Waals surface area contributed by atoms with Gasteiger partial charge in [-0.05, 0) is 37.8 Å². The van der Waals surface area contributed by atoms with Gasteiger partial charge in [0.1, 0.15) is 0 Å². The van der Waals surface area contributed by atoms with Crippen LogP contribution in [0.4, 0.5) is 0 Å². The molecule has 0 aliphatic carbocycles. The molecule has 0 unspecified atom stereocenters. The summed E-state index contributed by atoms with van der Waals surface area (Å²) in [6.07, 6.45) is 3.77. The van der Waals surface area contributed by atoms with Gasteiger partial charge in [-0.1, -0.05) is 23.7 Å². The first-order chi connectivity index (χ1) is 8.74. The topological polar surface area (TPSA) is 40.5 Å². The third kappa shape index (κ3) is 2.85. The van der Waals surface area contributed by atoms with Crippen molar-refractivity contribution >= 4 is 17.5 Å². The van der Waals surface area contributed by atoms with Gasteiger partial charge < -0.3 is 10.0 Å². The molecule has 1 heterocycles. The van der Waals surface area contributed by atoms with Crippen LogP contribution >= 0.6 is 11.6 Å². The van der Waals surface area contributed by atoms with Crippen molar-refractivity contribution in [1.82, 2.24) is 4.90 Å². The summed E-state index contributed by atoms with van der Waals surface area (Å²) in [7, 11) is 0. The Kier molecular flexibility index (Phi) is 4.61. The average Bonchev–Trinajstić information content (AvgIpc) is 2.40. The van der Waals surface area contributed by atoms with E-state index in [1.807, 2.05) is 17.0 Å². The molecule has 1 amide bonds. The van der Waals surface area contributed by atoms with E-state index in [2.05, 4.69) is 0 Å². The maximum Gasteiger partial charge on any atom is 0.255 e. The Balaban J connectivity index is 2.18. The van der Waals surface area contributed by atoms with Crippen LogP contribution in [-0.4, -0.2) is 35.1 Å². The quantitative estimate of drug-likeness (QED) is 0.915. The third-order valence-electron chi connectivity index (χ3n) is 3.45. The van der Waals surface area contributed by atoms with E-state index in [0.717, 1.165) is 25.8 Å². The highest BCUT2D eigenvalue weighted by Crippen LogP contribution is 2.24. The Bertz CT molecular complexity index is 420. The van der Waals surface area contributed by atoms with Crippen LogP contribution in [0, 0.1) is 0 Å². The van der Waals surface area contributed by atoms with Gasteiger partial charge in [0.25, 0.3) is 5.91 Å². The number of likely N-dealkylation sites (tertiary alicyclic amines) is 1. The highest BCUT2D eigenvalue weighted by molar-refractivity contribution is 6.33. The van der Waals surface area contributed by atoms with Crippen LogP contribution in [-0.2, 0) is 0 Å². The zero-order valence-corrected chi connectivity index (χ0v) is 11.1. The van der Waals surface area contributed by atoms with Gasteiger partial charge in [-0.2, -0.15) is 0 Å². The molecule has 0 bridgehead atoms. The molecule has 0 radical (unpaired) electrons. The SMILES string of the molecule is O=C(c1ccccc1Cl)N1CCCC[C@@H]1CCO. The summed E-state index contributed by atoms with van der Waals surface area (Å²) in [5, 5.41) is 9.58. The Hall–Kier alpha value is -1.06. The summed E-state index contributed by atoms with van der Waals surface area (Å²) < 4.78 is 0. The van der Waals surface area contributed by atoms with E-state index in [9.17, 15) is 4.79 Å². The number of aliphatic hydroxyl groups is 1. The second-order valence-corrected chi connectivity index (χ2v) is 5.05. The van der Waals surface area contributed by atoms with E-state index in [-0.39, 0.29) is 18.6 Å². The average molecular weight is 268 g/mol. The van der Waals surface area contributed by atoms with Gasteiger partial charge in [0.2, 0.25) is 0 Å². The predicted molar refractivity (Wildman–Crippen MR) is 71.8 cm³/mol. The lowest BCUT2D eigenvalue weighted by Gasteiger charge is -2.35. The summed E-state index contributed by atoms with van der Waals surface area (Å²) in [5.74, 6) is -0.0150. The monoisotopic (exact) mass is 267 g/mol. The molecular formula is C14H18ClNO2. The molecule has 1 aromatic rings. The van der Waals surface area contributed by atoms with Crippen LogP contribution in [0.15, 0.2) is 24.3 Å². The van der Waals surface area contributed by atoms with Gasteiger partial charge in [-0.25, -0.2) is 0 Å². The number of carbonyl (C=O) groups is 1. The van der Waals surface area contributed by atoms with Crippen LogP contribution in [0.25, 0.3) is 0 Å². The van der Waals surface area contributed by atoms with Crippen LogP contribution in [0.3, 0.4) is 0 Å². The van der Waals surface area contributed by atoms with Gasteiger partial charge in [0, 0.05) is 19.2 Å². The van der Waals surface area contributed by atoms with Crippen LogP contribution in [0.2, 0.25) is 5.02 Å². The number of amides is 1. The van der Waals surface area contributed by atoms with Crippen molar-refractivity contribution < 1.29 is 9.90 Å². The molecule has 4 heteroatoms. The lowest BCUT2D eigenvalue weighted by Crippen LogP contribution is -2.44. The third-order valence-corrected chi connectivity index (χ3v) is 3.78. The summed E-state index contributed by atoms with van der Waals surface area (Å²) in [6.45, 7) is 0.881. The lowest BCUT2D eigenvalue weighted by atomic mass is 9.98. The van der Waals surface area contributed by atoms with Crippen molar-refractivity contribution in [3.05, 3.63) is 34.9 Å². The molecule has 98 valence electrons. The molecule has 1 aliphatic rings. The molecule has 1 atom stereocenters. The largest absolute Gasteiger partial charge is 0.396 e. The predicted octanol–water partition coefficient (Wildman–Crippen LogP) is 2.72. The zero-order valence-electron chi connectivity index (χ0n) is 10.3. The second kappa shape index (κ2) is 6.21. The normalized spacial score (nSPS) is 19.9. The minimum Gasteiger partial charge on any atom is -0.396 e. The van der Waals surface area contributed by atoms with Crippen molar-refractivity contribution in [2.45, 2.75) is 31.7 Å². The number of aliphatic hydroxyl groups excluding tert-OH is 1. The zero-order chi connectivity index (χ0) is 13.0. The number of hydrogen-bond acceptors (Lipinski definition) is 2. The van der Waals surface area contributed by atoms with Crippen LogP contribution < -0.4 is 0 Å². The van der Waals surface area contributed by atoms with E-state index < -0.39 is 0 Å². The molecule has 1 N–H and O–H groups in total. The Morgan fingerprint density at radius 2 is 2.17 bits per heavy atom. The number of rotatable bonds is 3. The number of benzene rings is 1. The first-order valence-electron chi connectivity index (χ1n) is 6.40. The lowest BCUT2D eigenvalue weighted by molar-refractivity contribution is 0.0575. The van der Waals surface area contributed by atoms with Gasteiger partial charge in [0.15, 0.2) is 0 Å². The number of halogens is 1. The minimum atomic E-state index is -0.0150. The first-order valence-corrected chi connectivity index (χ1v) is 6.78. The summed E-state index contributed by atoms with van der Waals surface area (Å²) in [4.78, 5) is 14.3. The highest BCUT2D eigenvalue weighted by atomic mass is 35.5. The molecule has 3 nitrogen and oxygen atoms in total. The summed E-state index contributed by atoms with van der Waals surface area (Å²) in [5.41, 5.74) is 0.559. The van der Waals surface area contributed by atoms with Crippen molar-refractivity contribution in [1.29, 1.82) is 0 Å². The fraction of sp³-hybridized carbons (Fsp3) is 0.500. The Morgan fingerprint density at radius 3 is 2.89 bits per heavy atom. The maximum atomic E-state index is 12.5. The Labute approximate surface area is 112 Å². The molecule has 0 aromatic heterocycles. The Morgan fingerprint density at radius 1 is 1.39 bits per heavy atom. The van der Waals surface area contributed by atoms with Crippen LogP contribution in [0.1, 0.15) is 36.0 Å². The van der Waals surface area contributed by atoms with E-state index in [1.54, 1.807) is 12.1 Å². The van der Waals surface area contributed by atoms with Crippen molar-refractivity contribution in [3.8, 4) is 0 Å². The number of nitrogens with zero attached hydrogens (tertiary/aromatic N) is 1. The fourth-order valence-corrected chi connectivity index (χ4v) is 2.72. The molecule has 18 heavy (non-hydrogen) atoms. The standard InChI is InChI=1S/C14H18ClNO2/c15-13-7-2-1-6-12(13)14(18)16-9-4-3-5-11(16)8-10-17/h1-2,6-7,11,17H,3-5,8-10H2/t11-/m1/s1. The second-order valence-electron chi connectivity index (χ2n) is 4.64. The smallest absolute Gasteiger partial charge is 0.255 e. The van der Waals surface area contributed by atoms with Gasteiger partial charge in [-0.3, -0.25) is 4.79 Å². The molecule has 1 saturated heterocycles. The molecule has 1 aliphatic heterocycles. The molecule has 2 rings (SSSR count). The van der Waals surface area contributed by atoms with E-state index in [1.165, 1.54) is 0 Å². The van der Waals surface area contributed by atoms with Gasteiger partial charge in [-0.15, -0.1) is 0 Å². The molecule has 0 spiro atoms. The maximum absolute atomic E-state index is 12.5. The van der Waals surface area contributed by atoms with Crippen molar-refractivity contribution in [3.63, 3.8) is 0 Å². The highest BCUT2D eigenvalue weighted by Gasteiger charge is 2.27. The van der Waals surface area contributed by atoms with Crippen molar-refractivity contribution in [2.24, 2.45) is 0 Å². The van der Waals surface area contributed by atoms with E-state index in [4.69, 9.17) is 16.7 Å². The van der Waals surface area contributed by atoms with Crippen molar-refractivity contribution in [2.75, 3.05) is 13.2 Å². The van der Waals surface area contributed by atoms with E-state index >= 15 is 0 Å². The first kappa shape index (κ1) is 13.4. The molecule has 0 saturated carbocycles. The molecule has 1 fully saturated rings.